The molecule has 0 amide bonds. The Kier molecular flexibility index (Phi) is 4.00. The molecule has 0 spiro atoms. The second kappa shape index (κ2) is 4.86. The molecule has 1 atom stereocenters. The highest BCUT2D eigenvalue weighted by molar-refractivity contribution is 6.35. The van der Waals surface area contributed by atoms with Crippen LogP contribution in [0.1, 0.15) is 22.8 Å². The summed E-state index contributed by atoms with van der Waals surface area (Å²) < 4.78 is 5.04. The van der Waals surface area contributed by atoms with Gasteiger partial charge in [-0.15, -0.1) is 11.6 Å². The third-order valence-corrected chi connectivity index (χ3v) is 2.62. The fourth-order valence-corrected chi connectivity index (χ4v) is 1.65. The number of methoxy groups -OCH3 is 1. The normalized spacial score (nSPS) is 12.3. The van der Waals surface area contributed by atoms with Crippen LogP contribution in [0.5, 0.6) is 5.75 Å². The molecular weight excluding hydrogens is 235 g/mol. The lowest BCUT2D eigenvalue weighted by molar-refractivity contribution is 0.0991. The van der Waals surface area contributed by atoms with E-state index in [4.69, 9.17) is 27.9 Å². The molecule has 0 fully saturated rings. The highest BCUT2D eigenvalue weighted by Gasteiger charge is 2.16. The Balaban J connectivity index is 3.22. The second-order valence-electron chi connectivity index (χ2n) is 3.28. The van der Waals surface area contributed by atoms with Crippen LogP contribution < -0.4 is 4.74 Å². The van der Waals surface area contributed by atoms with Crippen LogP contribution in [0.15, 0.2) is 12.1 Å². The molecule has 0 aliphatic rings. The number of benzene rings is 1. The standard InChI is InChI=1S/C11H12Cl2O2/c1-6-4-10(15-3)9(13)5-8(6)11(14)7(2)12/h4-5,7H,1-3H3. The summed E-state index contributed by atoms with van der Waals surface area (Å²) in [7, 11) is 1.53. The van der Waals surface area contributed by atoms with Gasteiger partial charge in [-0.1, -0.05) is 11.6 Å². The third-order valence-electron chi connectivity index (χ3n) is 2.13. The number of rotatable bonds is 3. The van der Waals surface area contributed by atoms with E-state index in [1.54, 1.807) is 19.1 Å². The predicted octanol–water partition coefficient (Wildman–Crippen LogP) is 3.47. The van der Waals surface area contributed by atoms with Crippen molar-refractivity contribution in [2.24, 2.45) is 0 Å². The molecule has 1 rings (SSSR count). The molecule has 0 heterocycles. The van der Waals surface area contributed by atoms with Crippen molar-refractivity contribution in [3.63, 3.8) is 0 Å². The molecule has 0 bridgehead atoms. The van der Waals surface area contributed by atoms with Crippen LogP contribution in [0.3, 0.4) is 0 Å². The van der Waals surface area contributed by atoms with Gasteiger partial charge in [0.1, 0.15) is 5.75 Å². The third kappa shape index (κ3) is 2.64. The number of aryl methyl sites for hydroxylation is 1. The molecular formula is C11H12Cl2O2. The lowest BCUT2D eigenvalue weighted by atomic mass is 10.0. The highest BCUT2D eigenvalue weighted by atomic mass is 35.5. The van der Waals surface area contributed by atoms with E-state index >= 15 is 0 Å². The first kappa shape index (κ1) is 12.3. The van der Waals surface area contributed by atoms with Crippen molar-refractivity contribution in [2.75, 3.05) is 7.11 Å². The number of Topliss-reactive ketones (excluding diaryl/α,β-unsaturated/α-hetero) is 1. The van der Waals surface area contributed by atoms with Gasteiger partial charge in [0.25, 0.3) is 0 Å². The zero-order valence-electron chi connectivity index (χ0n) is 8.80. The van der Waals surface area contributed by atoms with Gasteiger partial charge >= 0.3 is 0 Å². The van der Waals surface area contributed by atoms with Crippen molar-refractivity contribution in [3.8, 4) is 5.75 Å². The van der Waals surface area contributed by atoms with Crippen molar-refractivity contribution in [2.45, 2.75) is 19.2 Å². The number of carbonyl (C=O) groups is 1. The van der Waals surface area contributed by atoms with Gasteiger partial charge in [0, 0.05) is 5.56 Å². The van der Waals surface area contributed by atoms with E-state index in [0.717, 1.165) is 5.56 Å². The molecule has 2 nitrogen and oxygen atoms in total. The van der Waals surface area contributed by atoms with Crippen LogP contribution in [-0.2, 0) is 0 Å². The molecule has 4 heteroatoms. The topological polar surface area (TPSA) is 26.3 Å². The molecule has 82 valence electrons. The van der Waals surface area contributed by atoms with Crippen molar-refractivity contribution < 1.29 is 9.53 Å². The van der Waals surface area contributed by atoms with Crippen molar-refractivity contribution >= 4 is 29.0 Å². The van der Waals surface area contributed by atoms with Crippen LogP contribution in [0.25, 0.3) is 0 Å². The molecule has 0 N–H and O–H groups in total. The first-order valence-electron chi connectivity index (χ1n) is 4.49. The molecule has 0 aliphatic heterocycles. The smallest absolute Gasteiger partial charge is 0.180 e. The van der Waals surface area contributed by atoms with E-state index in [-0.39, 0.29) is 5.78 Å². The van der Waals surface area contributed by atoms with Crippen LogP contribution >= 0.6 is 23.2 Å². The maximum atomic E-state index is 11.7. The van der Waals surface area contributed by atoms with Gasteiger partial charge in [-0.2, -0.15) is 0 Å². The summed E-state index contributed by atoms with van der Waals surface area (Å²) >= 11 is 11.7. The summed E-state index contributed by atoms with van der Waals surface area (Å²) in [5.74, 6) is 0.437. The minimum Gasteiger partial charge on any atom is -0.495 e. The average Bonchev–Trinajstić information content (AvgIpc) is 2.19. The molecule has 0 aromatic heterocycles. The summed E-state index contributed by atoms with van der Waals surface area (Å²) in [6.45, 7) is 3.47. The zero-order valence-corrected chi connectivity index (χ0v) is 10.3. The van der Waals surface area contributed by atoms with E-state index in [0.29, 0.717) is 16.3 Å². The monoisotopic (exact) mass is 246 g/mol. The number of hydrogen-bond donors (Lipinski definition) is 0. The quantitative estimate of drug-likeness (QED) is 0.603. The Bertz CT molecular complexity index is 386. The van der Waals surface area contributed by atoms with Crippen LogP contribution in [0.2, 0.25) is 5.02 Å². The maximum Gasteiger partial charge on any atom is 0.180 e. The lowest BCUT2D eigenvalue weighted by Gasteiger charge is -2.10. The largest absolute Gasteiger partial charge is 0.495 e. The molecule has 0 saturated heterocycles. The van der Waals surface area contributed by atoms with Crippen molar-refractivity contribution in [3.05, 3.63) is 28.3 Å². The van der Waals surface area contributed by atoms with Gasteiger partial charge in [0.2, 0.25) is 0 Å². The van der Waals surface area contributed by atoms with Gasteiger partial charge in [-0.3, -0.25) is 4.79 Å². The number of ketones is 1. The van der Waals surface area contributed by atoms with Gasteiger partial charge in [-0.25, -0.2) is 0 Å². The van der Waals surface area contributed by atoms with E-state index in [1.165, 1.54) is 7.11 Å². The van der Waals surface area contributed by atoms with Gasteiger partial charge in [0.05, 0.1) is 17.5 Å². The number of carbonyl (C=O) groups excluding carboxylic acids is 1. The summed E-state index contributed by atoms with van der Waals surface area (Å²) in [5.41, 5.74) is 1.36. The molecule has 0 radical (unpaired) electrons. The number of ether oxygens (including phenoxy) is 1. The molecule has 0 aliphatic carbocycles. The number of hydrogen-bond acceptors (Lipinski definition) is 2. The van der Waals surface area contributed by atoms with Gasteiger partial charge in [0.15, 0.2) is 5.78 Å². The minimum atomic E-state index is -0.548. The average molecular weight is 247 g/mol. The van der Waals surface area contributed by atoms with E-state index in [1.807, 2.05) is 6.92 Å². The highest BCUT2D eigenvalue weighted by Crippen LogP contribution is 2.28. The minimum absolute atomic E-state index is 0.126. The van der Waals surface area contributed by atoms with E-state index < -0.39 is 5.38 Å². The van der Waals surface area contributed by atoms with Crippen molar-refractivity contribution in [1.29, 1.82) is 0 Å². The Morgan fingerprint density at radius 1 is 1.47 bits per heavy atom. The first-order chi connectivity index (χ1) is 6.97. The van der Waals surface area contributed by atoms with E-state index in [2.05, 4.69) is 0 Å². The first-order valence-corrected chi connectivity index (χ1v) is 5.31. The fraction of sp³-hybridized carbons (Fsp3) is 0.364. The van der Waals surface area contributed by atoms with Crippen molar-refractivity contribution in [1.82, 2.24) is 0 Å². The van der Waals surface area contributed by atoms with Gasteiger partial charge < -0.3 is 4.74 Å². The second-order valence-corrected chi connectivity index (χ2v) is 4.34. The summed E-state index contributed by atoms with van der Waals surface area (Å²) in [5, 5.41) is -0.128. The molecule has 1 aromatic carbocycles. The molecule has 1 unspecified atom stereocenters. The SMILES string of the molecule is COc1cc(C)c(C(=O)C(C)Cl)cc1Cl. The predicted molar refractivity (Wildman–Crippen MR) is 62.4 cm³/mol. The molecule has 15 heavy (non-hydrogen) atoms. The van der Waals surface area contributed by atoms with Crippen LogP contribution in [-0.4, -0.2) is 18.3 Å². The van der Waals surface area contributed by atoms with Crippen LogP contribution in [0, 0.1) is 6.92 Å². The zero-order chi connectivity index (χ0) is 11.6. The summed E-state index contributed by atoms with van der Waals surface area (Å²) in [6, 6.07) is 3.33. The number of halogens is 2. The maximum absolute atomic E-state index is 11.7. The summed E-state index contributed by atoms with van der Waals surface area (Å²) in [4.78, 5) is 11.7. The van der Waals surface area contributed by atoms with E-state index in [9.17, 15) is 4.79 Å². The van der Waals surface area contributed by atoms with Crippen LogP contribution in [0.4, 0.5) is 0 Å². The molecule has 1 aromatic rings. The Morgan fingerprint density at radius 2 is 2.07 bits per heavy atom. The summed E-state index contributed by atoms with van der Waals surface area (Å²) in [6.07, 6.45) is 0. The Labute approximate surface area is 99.1 Å². The Hall–Kier alpha value is -0.730. The lowest BCUT2D eigenvalue weighted by Crippen LogP contribution is -2.12. The Morgan fingerprint density at radius 3 is 2.53 bits per heavy atom. The number of alkyl halides is 1. The fourth-order valence-electron chi connectivity index (χ4n) is 1.29. The molecule has 0 saturated carbocycles. The van der Waals surface area contributed by atoms with Gasteiger partial charge in [-0.05, 0) is 31.5 Å².